The summed E-state index contributed by atoms with van der Waals surface area (Å²) in [5.41, 5.74) is 1.14. The lowest BCUT2D eigenvalue weighted by atomic mass is 10.3. The number of hydrogen-bond acceptors (Lipinski definition) is 4. The molecule has 0 unspecified atom stereocenters. The van der Waals surface area contributed by atoms with Crippen LogP contribution in [0.25, 0.3) is 10.6 Å². The number of thiophene rings is 1. The van der Waals surface area contributed by atoms with Crippen molar-refractivity contribution >= 4 is 11.3 Å². The number of aromatic amines is 1. The summed E-state index contributed by atoms with van der Waals surface area (Å²) in [7, 11) is 0. The van der Waals surface area contributed by atoms with E-state index in [4.69, 9.17) is 0 Å². The number of aromatic nitrogens is 2. The summed E-state index contributed by atoms with van der Waals surface area (Å²) in [4.78, 5) is 11.6. The van der Waals surface area contributed by atoms with Crippen LogP contribution < -0.4 is 5.32 Å². The van der Waals surface area contributed by atoms with Crippen molar-refractivity contribution in [1.82, 2.24) is 20.2 Å². The SMILES string of the molecule is c1csc(-c2cnc(CCN3CCNCC3)[nH]2)c1. The van der Waals surface area contributed by atoms with Crippen LogP contribution in [0.5, 0.6) is 0 Å². The van der Waals surface area contributed by atoms with Crippen molar-refractivity contribution in [2.24, 2.45) is 0 Å². The Morgan fingerprint density at radius 1 is 1.33 bits per heavy atom. The Labute approximate surface area is 111 Å². The minimum atomic E-state index is 1.01. The van der Waals surface area contributed by atoms with E-state index in [0.29, 0.717) is 0 Å². The third-order valence-corrected chi connectivity index (χ3v) is 4.19. The molecule has 2 aromatic rings. The summed E-state index contributed by atoms with van der Waals surface area (Å²) in [5.74, 6) is 1.09. The molecule has 1 aliphatic rings. The second-order valence-electron chi connectivity index (χ2n) is 4.56. The van der Waals surface area contributed by atoms with Gasteiger partial charge in [-0.3, -0.25) is 0 Å². The summed E-state index contributed by atoms with van der Waals surface area (Å²) in [5, 5.41) is 5.47. The van der Waals surface area contributed by atoms with Crippen molar-refractivity contribution < 1.29 is 0 Å². The van der Waals surface area contributed by atoms with Crippen LogP contribution in [-0.2, 0) is 6.42 Å². The highest BCUT2D eigenvalue weighted by Gasteiger charge is 2.10. The fourth-order valence-electron chi connectivity index (χ4n) is 2.25. The second kappa shape index (κ2) is 5.65. The molecule has 0 atom stereocenters. The number of rotatable bonds is 4. The molecule has 2 aromatic heterocycles. The van der Waals surface area contributed by atoms with E-state index in [1.807, 2.05) is 6.20 Å². The Morgan fingerprint density at radius 2 is 2.22 bits per heavy atom. The average molecular weight is 262 g/mol. The van der Waals surface area contributed by atoms with Crippen molar-refractivity contribution in [1.29, 1.82) is 0 Å². The summed E-state index contributed by atoms with van der Waals surface area (Å²) in [6, 6.07) is 4.19. The van der Waals surface area contributed by atoms with Gasteiger partial charge in [0.25, 0.3) is 0 Å². The lowest BCUT2D eigenvalue weighted by Crippen LogP contribution is -2.44. The third-order valence-electron chi connectivity index (χ3n) is 3.29. The summed E-state index contributed by atoms with van der Waals surface area (Å²) in [6.45, 7) is 5.62. The maximum Gasteiger partial charge on any atom is 0.107 e. The topological polar surface area (TPSA) is 44.0 Å². The van der Waals surface area contributed by atoms with Gasteiger partial charge in [0, 0.05) is 39.1 Å². The zero-order valence-corrected chi connectivity index (χ0v) is 11.2. The highest BCUT2D eigenvalue weighted by molar-refractivity contribution is 7.13. The predicted molar refractivity (Wildman–Crippen MR) is 74.9 cm³/mol. The Kier molecular flexibility index (Phi) is 3.73. The van der Waals surface area contributed by atoms with E-state index in [9.17, 15) is 0 Å². The van der Waals surface area contributed by atoms with Crippen LogP contribution in [0.2, 0.25) is 0 Å². The quantitative estimate of drug-likeness (QED) is 0.879. The highest BCUT2D eigenvalue weighted by atomic mass is 32.1. The Bertz CT molecular complexity index is 471. The van der Waals surface area contributed by atoms with Gasteiger partial charge in [0.05, 0.1) is 16.8 Å². The van der Waals surface area contributed by atoms with Crippen molar-refractivity contribution in [2.45, 2.75) is 6.42 Å². The normalized spacial score (nSPS) is 17.1. The van der Waals surface area contributed by atoms with Crippen molar-refractivity contribution in [3.8, 4) is 10.6 Å². The Balaban J connectivity index is 1.57. The van der Waals surface area contributed by atoms with Gasteiger partial charge in [-0.15, -0.1) is 11.3 Å². The molecule has 3 heterocycles. The maximum atomic E-state index is 4.47. The molecule has 5 heteroatoms. The number of nitrogens with one attached hydrogen (secondary N) is 2. The second-order valence-corrected chi connectivity index (χ2v) is 5.51. The van der Waals surface area contributed by atoms with Gasteiger partial charge in [0.15, 0.2) is 0 Å². The zero-order valence-electron chi connectivity index (χ0n) is 10.4. The van der Waals surface area contributed by atoms with Crippen LogP contribution in [0, 0.1) is 0 Å². The van der Waals surface area contributed by atoms with Crippen LogP contribution >= 0.6 is 11.3 Å². The fraction of sp³-hybridized carbons (Fsp3) is 0.462. The molecular weight excluding hydrogens is 244 g/mol. The van der Waals surface area contributed by atoms with Gasteiger partial charge < -0.3 is 15.2 Å². The first kappa shape index (κ1) is 11.9. The van der Waals surface area contributed by atoms with Gasteiger partial charge in [-0.1, -0.05) is 6.07 Å². The van der Waals surface area contributed by atoms with Crippen LogP contribution in [0.1, 0.15) is 5.82 Å². The van der Waals surface area contributed by atoms with E-state index in [-0.39, 0.29) is 0 Å². The predicted octanol–water partition coefficient (Wildman–Crippen LogP) is 1.59. The third kappa shape index (κ3) is 2.80. The van der Waals surface area contributed by atoms with E-state index < -0.39 is 0 Å². The maximum absolute atomic E-state index is 4.47. The van der Waals surface area contributed by atoms with E-state index in [1.54, 1.807) is 11.3 Å². The molecule has 2 N–H and O–H groups in total. The van der Waals surface area contributed by atoms with Gasteiger partial charge in [0.1, 0.15) is 5.82 Å². The van der Waals surface area contributed by atoms with Crippen LogP contribution in [0.3, 0.4) is 0 Å². The summed E-state index contributed by atoms with van der Waals surface area (Å²) in [6.07, 6.45) is 2.95. The number of piperazine rings is 1. The van der Waals surface area contributed by atoms with Gasteiger partial charge in [-0.05, 0) is 11.4 Å². The van der Waals surface area contributed by atoms with E-state index in [1.165, 1.54) is 4.88 Å². The summed E-state index contributed by atoms with van der Waals surface area (Å²) < 4.78 is 0. The molecule has 1 aliphatic heterocycles. The largest absolute Gasteiger partial charge is 0.341 e. The lowest BCUT2D eigenvalue weighted by molar-refractivity contribution is 0.242. The molecule has 1 saturated heterocycles. The highest BCUT2D eigenvalue weighted by Crippen LogP contribution is 2.22. The minimum absolute atomic E-state index is 1.01. The molecule has 0 aliphatic carbocycles. The molecule has 0 saturated carbocycles. The molecule has 3 rings (SSSR count). The first-order valence-electron chi connectivity index (χ1n) is 6.42. The molecule has 0 spiro atoms. The average Bonchev–Trinajstić information content (AvgIpc) is 3.08. The molecular formula is C13H18N4S. The van der Waals surface area contributed by atoms with E-state index >= 15 is 0 Å². The molecule has 0 bridgehead atoms. The molecule has 0 radical (unpaired) electrons. The number of imidazole rings is 1. The zero-order chi connectivity index (χ0) is 12.2. The van der Waals surface area contributed by atoms with Gasteiger partial charge in [-0.2, -0.15) is 0 Å². The van der Waals surface area contributed by atoms with E-state index in [2.05, 4.69) is 37.7 Å². The first-order valence-corrected chi connectivity index (χ1v) is 7.30. The molecule has 4 nitrogen and oxygen atoms in total. The first-order chi connectivity index (χ1) is 8.92. The minimum Gasteiger partial charge on any atom is -0.341 e. The number of hydrogen-bond donors (Lipinski definition) is 2. The van der Waals surface area contributed by atoms with Crippen molar-refractivity contribution in [2.75, 3.05) is 32.7 Å². The molecule has 96 valence electrons. The van der Waals surface area contributed by atoms with Crippen LogP contribution in [0.15, 0.2) is 23.7 Å². The van der Waals surface area contributed by atoms with Gasteiger partial charge >= 0.3 is 0 Å². The molecule has 0 amide bonds. The monoisotopic (exact) mass is 262 g/mol. The number of nitrogens with zero attached hydrogens (tertiary/aromatic N) is 2. The van der Waals surface area contributed by atoms with Crippen LogP contribution in [-0.4, -0.2) is 47.6 Å². The Hall–Kier alpha value is -1.17. The molecule has 0 aromatic carbocycles. The van der Waals surface area contributed by atoms with Crippen molar-refractivity contribution in [3.63, 3.8) is 0 Å². The molecule has 18 heavy (non-hydrogen) atoms. The Morgan fingerprint density at radius 3 is 3.00 bits per heavy atom. The van der Waals surface area contributed by atoms with Gasteiger partial charge in [-0.25, -0.2) is 4.98 Å². The van der Waals surface area contributed by atoms with Gasteiger partial charge in [0.2, 0.25) is 0 Å². The number of H-pyrrole nitrogens is 1. The fourth-order valence-corrected chi connectivity index (χ4v) is 2.94. The van der Waals surface area contributed by atoms with E-state index in [0.717, 1.165) is 50.7 Å². The summed E-state index contributed by atoms with van der Waals surface area (Å²) >= 11 is 1.75. The molecule has 1 fully saturated rings. The standard InChI is InChI=1S/C13H18N4S/c1-2-12(18-9-1)11-10-15-13(16-11)3-6-17-7-4-14-5-8-17/h1-2,9-10,14H,3-8H2,(H,15,16). The van der Waals surface area contributed by atoms with Crippen molar-refractivity contribution in [3.05, 3.63) is 29.5 Å². The smallest absolute Gasteiger partial charge is 0.107 e. The lowest BCUT2D eigenvalue weighted by Gasteiger charge is -2.26. The van der Waals surface area contributed by atoms with Crippen LogP contribution in [0.4, 0.5) is 0 Å².